The van der Waals surface area contributed by atoms with Crippen molar-refractivity contribution in [2.24, 2.45) is 0 Å². The van der Waals surface area contributed by atoms with Crippen molar-refractivity contribution in [3.63, 3.8) is 0 Å². The molecule has 0 fully saturated rings. The van der Waals surface area contributed by atoms with E-state index < -0.39 is 39.9 Å². The summed E-state index contributed by atoms with van der Waals surface area (Å²) in [5.41, 5.74) is 8.18. The van der Waals surface area contributed by atoms with Crippen molar-refractivity contribution < 1.29 is 58.9 Å². The van der Waals surface area contributed by atoms with E-state index in [1.165, 1.54) is 14.2 Å². The van der Waals surface area contributed by atoms with Crippen LogP contribution in [0.4, 0.5) is 11.4 Å². The molecule has 64 heavy (non-hydrogen) atoms. The molecule has 0 atom stereocenters. The van der Waals surface area contributed by atoms with Crippen LogP contribution in [-0.4, -0.2) is 68.7 Å². The smallest absolute Gasteiger partial charge is 0.325 e. The second kappa shape index (κ2) is 22.7. The van der Waals surface area contributed by atoms with Crippen molar-refractivity contribution in [3.8, 4) is 23.0 Å². The molecule has 18 heteroatoms. The van der Waals surface area contributed by atoms with E-state index in [1.54, 1.807) is 24.3 Å². The maximum Gasteiger partial charge on any atom is 0.325 e. The molecular formula is C46H65N2O13PS2. The van der Waals surface area contributed by atoms with E-state index >= 15 is 0 Å². The van der Waals surface area contributed by atoms with E-state index in [-0.39, 0.29) is 13.6 Å². The van der Waals surface area contributed by atoms with Crippen LogP contribution in [0.3, 0.4) is 0 Å². The molecule has 0 aromatic heterocycles. The Labute approximate surface area is 380 Å². The maximum absolute atomic E-state index is 13.9. The predicted molar refractivity (Wildman–Crippen MR) is 251 cm³/mol. The molecule has 0 saturated carbocycles. The molecular weight excluding hydrogens is 884 g/mol. The minimum absolute atomic E-state index is 0.0377. The van der Waals surface area contributed by atoms with E-state index in [2.05, 4.69) is 9.44 Å². The van der Waals surface area contributed by atoms with Crippen molar-refractivity contribution in [1.29, 1.82) is 0 Å². The molecule has 0 radical (unpaired) electrons. The first-order chi connectivity index (χ1) is 30.1. The Balaban J connectivity index is 1.51. The number of benzene rings is 4. The highest BCUT2D eigenvalue weighted by atomic mass is 32.2. The topological polar surface area (TPSA) is 183 Å². The summed E-state index contributed by atoms with van der Waals surface area (Å²) in [6.07, 6.45) is 4.67. The molecule has 2 N–H and O–H groups in total. The molecule has 0 unspecified atom stereocenters. The largest absolute Gasteiger partial charge is 0.465 e. The third-order valence-corrected chi connectivity index (χ3v) is 13.0. The Morgan fingerprint density at radius 3 is 1.16 bits per heavy atom. The Hall–Kier alpha value is -4.35. The maximum atomic E-state index is 13.9. The van der Waals surface area contributed by atoms with Gasteiger partial charge in [-0.25, -0.2) is 16.8 Å². The molecule has 0 bridgehead atoms. The molecule has 0 saturated heterocycles. The van der Waals surface area contributed by atoms with Crippen molar-refractivity contribution in [1.82, 2.24) is 0 Å². The molecule has 0 spiro atoms. The van der Waals surface area contributed by atoms with Crippen molar-refractivity contribution >= 4 is 39.7 Å². The Kier molecular flexibility index (Phi) is 18.5. The van der Waals surface area contributed by atoms with Gasteiger partial charge in [0.2, 0.25) is 31.6 Å². The molecule has 0 heterocycles. The third kappa shape index (κ3) is 14.8. The summed E-state index contributed by atoms with van der Waals surface area (Å²) >= 11 is 0. The average molecular weight is 949 g/mol. The first-order valence-corrected chi connectivity index (χ1v) is 26.1. The zero-order valence-electron chi connectivity index (χ0n) is 39.1. The monoisotopic (exact) mass is 948 g/mol. The van der Waals surface area contributed by atoms with Crippen LogP contribution in [0, 0.1) is 27.7 Å². The van der Waals surface area contributed by atoms with Gasteiger partial charge < -0.3 is 28.4 Å². The van der Waals surface area contributed by atoms with E-state index in [9.17, 15) is 21.4 Å². The number of methoxy groups -OCH3 is 2. The van der Waals surface area contributed by atoms with Crippen LogP contribution in [0.1, 0.15) is 97.9 Å². The van der Waals surface area contributed by atoms with Gasteiger partial charge in [-0.15, -0.1) is 0 Å². The fourth-order valence-corrected chi connectivity index (χ4v) is 9.72. The van der Waals surface area contributed by atoms with Crippen LogP contribution in [0.5, 0.6) is 23.0 Å². The van der Waals surface area contributed by atoms with Crippen LogP contribution < -0.4 is 28.4 Å². The van der Waals surface area contributed by atoms with Gasteiger partial charge in [-0.1, -0.05) is 39.8 Å². The van der Waals surface area contributed by atoms with E-state index in [4.69, 9.17) is 37.5 Å². The quantitative estimate of drug-likeness (QED) is 0.0449. The lowest BCUT2D eigenvalue weighted by molar-refractivity contribution is -0.155. The molecule has 4 rings (SSSR count). The number of sulfonamides is 2. The summed E-state index contributed by atoms with van der Waals surface area (Å²) < 4.78 is 114. The molecule has 15 nitrogen and oxygen atoms in total. The molecule has 0 aliphatic heterocycles. The van der Waals surface area contributed by atoms with Gasteiger partial charge in [0.05, 0.1) is 23.9 Å². The van der Waals surface area contributed by atoms with Gasteiger partial charge in [0.1, 0.15) is 23.0 Å². The normalized spacial score (nSPS) is 12.3. The zero-order chi connectivity index (χ0) is 47.5. The number of ether oxygens (including phenoxy) is 6. The number of nitrogens with one attached hydrogen (secondary N) is 2. The molecule has 0 aliphatic carbocycles. The number of hydrogen-bond donors (Lipinski definition) is 2. The van der Waals surface area contributed by atoms with E-state index in [0.29, 0.717) is 72.9 Å². The van der Waals surface area contributed by atoms with Crippen LogP contribution in [0.25, 0.3) is 0 Å². The SMILES string of the molecule is CCC(CC)(Oc1cc(C)c(Cc2ccc(OCOC)c(NS(C)(=O)=O)c2)c(C)c1)O[PH](=O)OC(CC)(CC)Oc1cc(C)c(Cc2ccc(OCOC)c(NS(C)(=O)=O)c2)c(C)c1. The van der Waals surface area contributed by atoms with Gasteiger partial charge in [0.15, 0.2) is 13.6 Å². The number of anilines is 2. The highest BCUT2D eigenvalue weighted by molar-refractivity contribution is 7.92. The van der Waals surface area contributed by atoms with Gasteiger partial charge in [-0.2, -0.15) is 0 Å². The standard InChI is InChI=1S/C46H65N2O13PS2/c1-13-45(14-2,58-37-21-31(5)39(32(6)22-37)25-35-17-19-43(56-29-54-9)41(27-35)47-63(11,50)51)60-62(49)61-46(15-3,16-4)59-38-23-33(7)40(34(8)24-38)26-36-18-20-44(57-30-55-10)42(28-36)48-64(12,52)53/h17-24,27-28,47-48,62H,13-16,25-26,29-30H2,1-12H3. The molecule has 354 valence electrons. The Morgan fingerprint density at radius 2 is 0.875 bits per heavy atom. The zero-order valence-corrected chi connectivity index (χ0v) is 41.7. The average Bonchev–Trinajstić information content (AvgIpc) is 3.21. The summed E-state index contributed by atoms with van der Waals surface area (Å²) in [6, 6.07) is 18.3. The van der Waals surface area contributed by atoms with Crippen LogP contribution >= 0.6 is 8.25 Å². The van der Waals surface area contributed by atoms with Crippen LogP contribution in [0.15, 0.2) is 60.7 Å². The summed E-state index contributed by atoms with van der Waals surface area (Å²) in [7, 11) is -7.38. The van der Waals surface area contributed by atoms with Crippen molar-refractivity contribution in [3.05, 3.63) is 105 Å². The first-order valence-electron chi connectivity index (χ1n) is 21.1. The van der Waals surface area contributed by atoms with E-state index in [1.807, 2.05) is 91.8 Å². The van der Waals surface area contributed by atoms with Crippen molar-refractivity contribution in [2.75, 3.05) is 49.8 Å². The summed E-state index contributed by atoms with van der Waals surface area (Å²) in [5.74, 6) is -0.765. The first kappa shape index (κ1) is 52.3. The molecule has 0 aliphatic rings. The summed E-state index contributed by atoms with van der Waals surface area (Å²) in [4.78, 5) is 0. The van der Waals surface area contributed by atoms with Gasteiger partial charge in [0.25, 0.3) is 0 Å². The Bertz CT molecular complexity index is 2260. The van der Waals surface area contributed by atoms with Crippen LogP contribution in [-0.2, 0) is 56.0 Å². The van der Waals surface area contributed by atoms with Gasteiger partial charge >= 0.3 is 8.25 Å². The summed E-state index contributed by atoms with van der Waals surface area (Å²) in [6.45, 7) is 15.4. The minimum Gasteiger partial charge on any atom is -0.465 e. The molecule has 4 aromatic rings. The lowest BCUT2D eigenvalue weighted by atomic mass is 9.95. The van der Waals surface area contributed by atoms with Gasteiger partial charge in [-0.3, -0.25) is 23.1 Å². The predicted octanol–water partition coefficient (Wildman–Crippen LogP) is 9.72. The van der Waals surface area contributed by atoms with Gasteiger partial charge in [0, 0.05) is 39.9 Å². The lowest BCUT2D eigenvalue weighted by Gasteiger charge is -2.36. The van der Waals surface area contributed by atoms with E-state index in [0.717, 1.165) is 57.0 Å². The fourth-order valence-electron chi connectivity index (χ4n) is 7.29. The fraction of sp³-hybridized carbons (Fsp3) is 0.478. The van der Waals surface area contributed by atoms with Crippen LogP contribution in [0.2, 0.25) is 0 Å². The third-order valence-electron chi connectivity index (χ3n) is 10.7. The number of aryl methyl sites for hydroxylation is 4. The highest BCUT2D eigenvalue weighted by Gasteiger charge is 2.38. The second-order valence-electron chi connectivity index (χ2n) is 15.8. The number of rotatable bonds is 26. The minimum atomic E-state index is -3.57. The Morgan fingerprint density at radius 1 is 0.547 bits per heavy atom. The summed E-state index contributed by atoms with van der Waals surface area (Å²) in [5, 5.41) is 0. The van der Waals surface area contributed by atoms with Crippen molar-refractivity contribution in [2.45, 2.75) is 105 Å². The second-order valence-corrected chi connectivity index (χ2v) is 20.2. The van der Waals surface area contributed by atoms with Gasteiger partial charge in [-0.05, 0) is 134 Å². The number of hydrogen-bond acceptors (Lipinski definition) is 13. The highest BCUT2D eigenvalue weighted by Crippen LogP contribution is 2.44. The lowest BCUT2D eigenvalue weighted by Crippen LogP contribution is -2.39. The molecule has 0 amide bonds. The molecule has 4 aromatic carbocycles.